The van der Waals surface area contributed by atoms with Crippen molar-refractivity contribution in [3.8, 4) is 5.75 Å². The Labute approximate surface area is 126 Å². The molecule has 3 N–H and O–H groups in total. The summed E-state index contributed by atoms with van der Waals surface area (Å²) in [7, 11) is 0. The maximum Gasteiger partial charge on any atom is 0.313 e. The number of nitrogens with one attached hydrogen (secondary N) is 2. The maximum absolute atomic E-state index is 11.7. The quantitative estimate of drug-likeness (QED) is 0.601. The van der Waals surface area contributed by atoms with Gasteiger partial charge >= 0.3 is 11.8 Å². The number of benzene rings is 2. The van der Waals surface area contributed by atoms with E-state index in [-0.39, 0.29) is 18.0 Å². The normalized spacial score (nSPS) is 9.95. The molecule has 0 spiro atoms. The van der Waals surface area contributed by atoms with Gasteiger partial charge in [-0.3, -0.25) is 9.59 Å². The standard InChI is InChI=1S/C15H13ClN2O3/c16-11-7-5-10(6-8-11)9-17-14(20)15(21)18-12-3-1-2-4-13(12)19/h1-8,19H,9H2,(H,17,20)(H,18,21). The van der Waals surface area contributed by atoms with Crippen molar-refractivity contribution in [2.45, 2.75) is 6.54 Å². The van der Waals surface area contributed by atoms with Crippen LogP contribution in [0.25, 0.3) is 0 Å². The van der Waals surface area contributed by atoms with Crippen molar-refractivity contribution in [1.82, 2.24) is 5.32 Å². The van der Waals surface area contributed by atoms with Crippen LogP contribution in [0, 0.1) is 0 Å². The van der Waals surface area contributed by atoms with Gasteiger partial charge < -0.3 is 15.7 Å². The van der Waals surface area contributed by atoms with E-state index in [1.165, 1.54) is 12.1 Å². The molecule has 0 atom stereocenters. The fourth-order valence-electron chi connectivity index (χ4n) is 1.62. The molecule has 0 aliphatic heterocycles. The van der Waals surface area contributed by atoms with Gasteiger partial charge in [-0.25, -0.2) is 0 Å². The molecular weight excluding hydrogens is 292 g/mol. The first-order chi connectivity index (χ1) is 10.1. The molecule has 0 radical (unpaired) electrons. The highest BCUT2D eigenvalue weighted by Crippen LogP contribution is 2.21. The molecule has 5 nitrogen and oxygen atoms in total. The molecule has 0 aliphatic rings. The highest BCUT2D eigenvalue weighted by atomic mass is 35.5. The Bertz CT molecular complexity index is 656. The van der Waals surface area contributed by atoms with Gasteiger partial charge in [0.1, 0.15) is 5.75 Å². The third-order valence-electron chi connectivity index (χ3n) is 2.72. The van der Waals surface area contributed by atoms with Crippen LogP contribution in [0.4, 0.5) is 5.69 Å². The summed E-state index contributed by atoms with van der Waals surface area (Å²) >= 11 is 5.75. The Morgan fingerprint density at radius 3 is 2.33 bits per heavy atom. The zero-order chi connectivity index (χ0) is 15.2. The van der Waals surface area contributed by atoms with Crippen LogP contribution >= 0.6 is 11.6 Å². The Morgan fingerprint density at radius 1 is 1.00 bits per heavy atom. The summed E-state index contributed by atoms with van der Waals surface area (Å²) in [6.45, 7) is 0.212. The molecule has 2 amide bonds. The Morgan fingerprint density at radius 2 is 1.67 bits per heavy atom. The van der Waals surface area contributed by atoms with Crippen LogP contribution in [-0.4, -0.2) is 16.9 Å². The molecule has 2 aromatic carbocycles. The van der Waals surface area contributed by atoms with E-state index < -0.39 is 11.8 Å². The summed E-state index contributed by atoms with van der Waals surface area (Å²) in [5.74, 6) is -1.73. The smallest absolute Gasteiger partial charge is 0.313 e. The van der Waals surface area contributed by atoms with E-state index in [1.54, 1.807) is 36.4 Å². The van der Waals surface area contributed by atoms with E-state index >= 15 is 0 Å². The SMILES string of the molecule is O=C(NCc1ccc(Cl)cc1)C(=O)Nc1ccccc1O. The van der Waals surface area contributed by atoms with Crippen molar-refractivity contribution in [2.75, 3.05) is 5.32 Å². The summed E-state index contributed by atoms with van der Waals surface area (Å²) in [5, 5.41) is 14.9. The minimum atomic E-state index is -0.842. The van der Waals surface area contributed by atoms with E-state index in [1.807, 2.05) is 0 Å². The highest BCUT2D eigenvalue weighted by Gasteiger charge is 2.14. The summed E-state index contributed by atoms with van der Waals surface area (Å²) < 4.78 is 0. The van der Waals surface area contributed by atoms with E-state index in [0.29, 0.717) is 5.02 Å². The third kappa shape index (κ3) is 4.22. The minimum Gasteiger partial charge on any atom is -0.506 e. The van der Waals surface area contributed by atoms with Crippen molar-refractivity contribution in [1.29, 1.82) is 0 Å². The van der Waals surface area contributed by atoms with Gasteiger partial charge in [-0.05, 0) is 29.8 Å². The van der Waals surface area contributed by atoms with E-state index in [0.717, 1.165) is 5.56 Å². The van der Waals surface area contributed by atoms with Crippen LogP contribution in [0.5, 0.6) is 5.75 Å². The first-order valence-corrected chi connectivity index (χ1v) is 6.55. The molecule has 0 fully saturated rings. The lowest BCUT2D eigenvalue weighted by Crippen LogP contribution is -2.34. The van der Waals surface area contributed by atoms with Crippen molar-refractivity contribution in [2.24, 2.45) is 0 Å². The van der Waals surface area contributed by atoms with Crippen molar-refractivity contribution >= 4 is 29.1 Å². The Kier molecular flexibility index (Phi) is 4.79. The van der Waals surface area contributed by atoms with Gasteiger partial charge in [0.2, 0.25) is 0 Å². The van der Waals surface area contributed by atoms with Crippen molar-refractivity contribution in [3.05, 3.63) is 59.1 Å². The summed E-state index contributed by atoms with van der Waals surface area (Å²) in [6.07, 6.45) is 0. The topological polar surface area (TPSA) is 78.4 Å². The summed E-state index contributed by atoms with van der Waals surface area (Å²) in [6, 6.07) is 13.1. The van der Waals surface area contributed by atoms with Gasteiger partial charge in [-0.2, -0.15) is 0 Å². The first-order valence-electron chi connectivity index (χ1n) is 6.18. The number of amides is 2. The van der Waals surface area contributed by atoms with E-state index in [4.69, 9.17) is 11.6 Å². The van der Waals surface area contributed by atoms with Gasteiger partial charge in [-0.15, -0.1) is 0 Å². The van der Waals surface area contributed by atoms with Crippen LogP contribution in [-0.2, 0) is 16.1 Å². The van der Waals surface area contributed by atoms with Crippen LogP contribution in [0.15, 0.2) is 48.5 Å². The lowest BCUT2D eigenvalue weighted by Gasteiger charge is -2.07. The number of aromatic hydroxyl groups is 1. The lowest BCUT2D eigenvalue weighted by atomic mass is 10.2. The number of phenols is 1. The van der Waals surface area contributed by atoms with Gasteiger partial charge in [0.15, 0.2) is 0 Å². The average Bonchev–Trinajstić information content (AvgIpc) is 2.48. The highest BCUT2D eigenvalue weighted by molar-refractivity contribution is 6.39. The van der Waals surface area contributed by atoms with Crippen molar-refractivity contribution in [3.63, 3.8) is 0 Å². The van der Waals surface area contributed by atoms with E-state index in [9.17, 15) is 14.7 Å². The number of carbonyl (C=O) groups excluding carboxylic acids is 2. The van der Waals surface area contributed by atoms with Crippen LogP contribution in [0.2, 0.25) is 5.02 Å². The zero-order valence-corrected chi connectivity index (χ0v) is 11.7. The molecule has 0 bridgehead atoms. The predicted octanol–water partition coefficient (Wildman–Crippen LogP) is 2.30. The lowest BCUT2D eigenvalue weighted by molar-refractivity contribution is -0.136. The van der Waals surface area contributed by atoms with Crippen molar-refractivity contribution < 1.29 is 14.7 Å². The molecule has 0 heterocycles. The number of rotatable bonds is 3. The fourth-order valence-corrected chi connectivity index (χ4v) is 1.75. The van der Waals surface area contributed by atoms with Gasteiger partial charge in [0.25, 0.3) is 0 Å². The monoisotopic (exact) mass is 304 g/mol. The predicted molar refractivity (Wildman–Crippen MR) is 80.0 cm³/mol. The number of hydrogen-bond acceptors (Lipinski definition) is 3. The summed E-state index contributed by atoms with van der Waals surface area (Å²) in [5.41, 5.74) is 1.01. The van der Waals surface area contributed by atoms with E-state index in [2.05, 4.69) is 10.6 Å². The summed E-state index contributed by atoms with van der Waals surface area (Å²) in [4.78, 5) is 23.4. The molecule has 6 heteroatoms. The number of para-hydroxylation sites is 2. The second-order valence-electron chi connectivity index (χ2n) is 4.28. The molecular formula is C15H13ClN2O3. The number of carbonyl (C=O) groups is 2. The van der Waals surface area contributed by atoms with Gasteiger partial charge in [-0.1, -0.05) is 35.9 Å². The molecule has 0 aromatic heterocycles. The second kappa shape index (κ2) is 6.76. The molecule has 0 saturated carbocycles. The average molecular weight is 305 g/mol. The Balaban J connectivity index is 1.90. The minimum absolute atomic E-state index is 0.101. The molecule has 0 unspecified atom stereocenters. The number of hydrogen-bond donors (Lipinski definition) is 3. The fraction of sp³-hybridized carbons (Fsp3) is 0.0667. The molecule has 21 heavy (non-hydrogen) atoms. The largest absolute Gasteiger partial charge is 0.506 e. The van der Waals surface area contributed by atoms with Gasteiger partial charge in [0.05, 0.1) is 5.69 Å². The zero-order valence-electron chi connectivity index (χ0n) is 11.0. The van der Waals surface area contributed by atoms with Gasteiger partial charge in [0, 0.05) is 11.6 Å². The number of phenolic OH excluding ortho intramolecular Hbond substituents is 1. The van der Waals surface area contributed by atoms with Crippen LogP contribution in [0.1, 0.15) is 5.56 Å². The maximum atomic E-state index is 11.7. The third-order valence-corrected chi connectivity index (χ3v) is 2.98. The molecule has 2 aromatic rings. The molecule has 0 aliphatic carbocycles. The molecule has 108 valence electrons. The number of anilines is 1. The van der Waals surface area contributed by atoms with Crippen LogP contribution in [0.3, 0.4) is 0 Å². The number of halogens is 1. The molecule has 0 saturated heterocycles. The van der Waals surface area contributed by atoms with Crippen LogP contribution < -0.4 is 10.6 Å². The molecule has 2 rings (SSSR count). The Hall–Kier alpha value is -2.53. The second-order valence-corrected chi connectivity index (χ2v) is 4.72. The first kappa shape index (κ1) is 14.9.